The van der Waals surface area contributed by atoms with Gasteiger partial charge in [0.05, 0.1) is 12.7 Å². The number of hydrogen-bond donors (Lipinski definition) is 0. The molecule has 1 aromatic rings. The molecule has 0 saturated heterocycles. The standard InChI is InChI=1S/C15H19BrO3/c1-8(17)6-7-12(18)13-11(4)14(16)9(2)10(3)15(13)19-5/h6-7H2,1-5H3. The number of Topliss-reactive ketones (excluding diaryl/α,β-unsaturated/α-hetero) is 2. The molecular weight excluding hydrogens is 308 g/mol. The molecule has 0 aliphatic heterocycles. The number of ether oxygens (including phenoxy) is 1. The molecule has 0 saturated carbocycles. The van der Waals surface area contributed by atoms with Crippen LogP contribution in [0.15, 0.2) is 4.47 Å². The summed E-state index contributed by atoms with van der Waals surface area (Å²) in [6, 6.07) is 0. The molecule has 0 fully saturated rings. The Morgan fingerprint density at radius 1 is 1.05 bits per heavy atom. The minimum atomic E-state index is -0.0478. The van der Waals surface area contributed by atoms with Gasteiger partial charge in [0.15, 0.2) is 5.78 Å². The summed E-state index contributed by atoms with van der Waals surface area (Å²) in [6.45, 7) is 7.30. The van der Waals surface area contributed by atoms with Crippen LogP contribution in [0.3, 0.4) is 0 Å². The SMILES string of the molecule is COc1c(C)c(C)c(Br)c(C)c1C(=O)CCC(C)=O. The van der Waals surface area contributed by atoms with Gasteiger partial charge in [-0.15, -0.1) is 0 Å². The molecule has 0 atom stereocenters. The summed E-state index contributed by atoms with van der Waals surface area (Å²) < 4.78 is 6.32. The Balaban J connectivity index is 3.33. The Morgan fingerprint density at radius 3 is 2.11 bits per heavy atom. The molecule has 4 heteroatoms. The summed E-state index contributed by atoms with van der Waals surface area (Å²) in [4.78, 5) is 23.3. The van der Waals surface area contributed by atoms with E-state index in [2.05, 4.69) is 15.9 Å². The number of methoxy groups -OCH3 is 1. The molecule has 1 aromatic carbocycles. The van der Waals surface area contributed by atoms with E-state index in [0.29, 0.717) is 11.3 Å². The number of hydrogen-bond acceptors (Lipinski definition) is 3. The van der Waals surface area contributed by atoms with Crippen molar-refractivity contribution in [1.29, 1.82) is 0 Å². The number of halogens is 1. The van der Waals surface area contributed by atoms with Gasteiger partial charge < -0.3 is 9.53 Å². The smallest absolute Gasteiger partial charge is 0.167 e. The lowest BCUT2D eigenvalue weighted by atomic mass is 9.94. The lowest BCUT2D eigenvalue weighted by molar-refractivity contribution is -0.116. The van der Waals surface area contributed by atoms with E-state index in [1.165, 1.54) is 6.92 Å². The van der Waals surface area contributed by atoms with E-state index in [-0.39, 0.29) is 24.4 Å². The van der Waals surface area contributed by atoms with Crippen molar-refractivity contribution in [2.75, 3.05) is 7.11 Å². The van der Waals surface area contributed by atoms with Crippen molar-refractivity contribution in [2.24, 2.45) is 0 Å². The van der Waals surface area contributed by atoms with Crippen molar-refractivity contribution in [1.82, 2.24) is 0 Å². The molecule has 0 aromatic heterocycles. The van der Waals surface area contributed by atoms with Gasteiger partial charge in [0.25, 0.3) is 0 Å². The maximum Gasteiger partial charge on any atom is 0.167 e. The molecule has 0 heterocycles. The zero-order valence-electron chi connectivity index (χ0n) is 12.0. The molecule has 104 valence electrons. The largest absolute Gasteiger partial charge is 0.496 e. The second kappa shape index (κ2) is 6.33. The van der Waals surface area contributed by atoms with E-state index in [1.54, 1.807) is 7.11 Å². The molecule has 19 heavy (non-hydrogen) atoms. The average Bonchev–Trinajstić information content (AvgIpc) is 2.37. The molecule has 3 nitrogen and oxygen atoms in total. The van der Waals surface area contributed by atoms with Crippen molar-refractivity contribution < 1.29 is 14.3 Å². The summed E-state index contributed by atoms with van der Waals surface area (Å²) in [5, 5.41) is 0. The minimum Gasteiger partial charge on any atom is -0.496 e. The summed E-state index contributed by atoms with van der Waals surface area (Å²) in [7, 11) is 1.57. The van der Waals surface area contributed by atoms with E-state index >= 15 is 0 Å². The summed E-state index contributed by atoms with van der Waals surface area (Å²) in [5.41, 5.74) is 3.47. The van der Waals surface area contributed by atoms with Gasteiger partial charge in [-0.25, -0.2) is 0 Å². The van der Waals surface area contributed by atoms with Gasteiger partial charge in [0, 0.05) is 17.3 Å². The fourth-order valence-electron chi connectivity index (χ4n) is 2.09. The van der Waals surface area contributed by atoms with Crippen LogP contribution >= 0.6 is 15.9 Å². The van der Waals surface area contributed by atoms with Gasteiger partial charge in [0.1, 0.15) is 11.5 Å². The Hall–Kier alpha value is -1.16. The predicted molar refractivity (Wildman–Crippen MR) is 79.2 cm³/mol. The molecule has 0 radical (unpaired) electrons. The zero-order chi connectivity index (χ0) is 14.7. The first-order chi connectivity index (χ1) is 8.81. The topological polar surface area (TPSA) is 43.4 Å². The Labute approximate surface area is 122 Å². The Kier molecular flexibility index (Phi) is 5.29. The molecule has 0 bridgehead atoms. The third-order valence-corrected chi connectivity index (χ3v) is 4.54. The van der Waals surface area contributed by atoms with Crippen LogP contribution in [0.2, 0.25) is 0 Å². The average molecular weight is 327 g/mol. The fourth-order valence-corrected chi connectivity index (χ4v) is 2.58. The number of carbonyl (C=O) groups is 2. The highest BCUT2D eigenvalue weighted by Crippen LogP contribution is 2.36. The maximum atomic E-state index is 12.3. The summed E-state index contributed by atoms with van der Waals surface area (Å²) >= 11 is 3.52. The monoisotopic (exact) mass is 326 g/mol. The van der Waals surface area contributed by atoms with Gasteiger partial charge in [-0.3, -0.25) is 4.79 Å². The number of benzene rings is 1. The number of carbonyl (C=O) groups excluding carboxylic acids is 2. The highest BCUT2D eigenvalue weighted by Gasteiger charge is 2.22. The minimum absolute atomic E-state index is 0.0212. The Morgan fingerprint density at radius 2 is 1.63 bits per heavy atom. The first-order valence-corrected chi connectivity index (χ1v) is 6.96. The maximum absolute atomic E-state index is 12.3. The van der Waals surface area contributed by atoms with Crippen LogP contribution in [0.1, 0.15) is 46.8 Å². The first-order valence-electron chi connectivity index (χ1n) is 6.17. The first kappa shape index (κ1) is 15.9. The van der Waals surface area contributed by atoms with Gasteiger partial charge in [-0.1, -0.05) is 15.9 Å². The van der Waals surface area contributed by atoms with Crippen LogP contribution < -0.4 is 4.74 Å². The number of rotatable bonds is 5. The van der Waals surface area contributed by atoms with Crippen LogP contribution in [-0.4, -0.2) is 18.7 Å². The van der Waals surface area contributed by atoms with E-state index in [9.17, 15) is 9.59 Å². The molecular formula is C15H19BrO3. The fraction of sp³-hybridized carbons (Fsp3) is 0.467. The predicted octanol–water partition coefficient (Wildman–Crippen LogP) is 3.93. The van der Waals surface area contributed by atoms with Crippen LogP contribution in [0.25, 0.3) is 0 Å². The van der Waals surface area contributed by atoms with Gasteiger partial charge >= 0.3 is 0 Å². The molecule has 1 rings (SSSR count). The molecule has 0 amide bonds. The molecule has 0 unspecified atom stereocenters. The summed E-state index contributed by atoms with van der Waals surface area (Å²) in [5.74, 6) is 0.591. The third kappa shape index (κ3) is 3.24. The van der Waals surface area contributed by atoms with Crippen molar-refractivity contribution in [3.8, 4) is 5.75 Å². The van der Waals surface area contributed by atoms with Gasteiger partial charge in [0.2, 0.25) is 0 Å². The van der Waals surface area contributed by atoms with Crippen molar-refractivity contribution in [2.45, 2.75) is 40.5 Å². The van der Waals surface area contributed by atoms with Gasteiger partial charge in [-0.05, 0) is 44.4 Å². The lowest BCUT2D eigenvalue weighted by Gasteiger charge is -2.18. The number of ketones is 2. The van der Waals surface area contributed by atoms with Crippen molar-refractivity contribution in [3.63, 3.8) is 0 Å². The molecule has 0 spiro atoms. The van der Waals surface area contributed by atoms with Crippen LogP contribution in [0, 0.1) is 20.8 Å². The van der Waals surface area contributed by atoms with E-state index < -0.39 is 0 Å². The molecule has 0 aliphatic carbocycles. The quantitative estimate of drug-likeness (QED) is 0.770. The van der Waals surface area contributed by atoms with Crippen LogP contribution in [-0.2, 0) is 4.79 Å². The van der Waals surface area contributed by atoms with E-state index in [1.807, 2.05) is 20.8 Å². The zero-order valence-corrected chi connectivity index (χ0v) is 13.6. The highest BCUT2D eigenvalue weighted by molar-refractivity contribution is 9.10. The van der Waals surface area contributed by atoms with Crippen LogP contribution in [0.5, 0.6) is 5.75 Å². The summed E-state index contributed by atoms with van der Waals surface area (Å²) in [6.07, 6.45) is 0.493. The second-order valence-electron chi connectivity index (χ2n) is 4.72. The molecule has 0 N–H and O–H groups in total. The Bertz CT molecular complexity index is 533. The van der Waals surface area contributed by atoms with Gasteiger partial charge in [-0.2, -0.15) is 0 Å². The van der Waals surface area contributed by atoms with E-state index in [4.69, 9.17) is 4.74 Å². The highest BCUT2D eigenvalue weighted by atomic mass is 79.9. The van der Waals surface area contributed by atoms with Crippen molar-refractivity contribution in [3.05, 3.63) is 26.7 Å². The molecule has 0 aliphatic rings. The van der Waals surface area contributed by atoms with Crippen LogP contribution in [0.4, 0.5) is 0 Å². The lowest BCUT2D eigenvalue weighted by Crippen LogP contribution is -2.09. The van der Waals surface area contributed by atoms with Crippen molar-refractivity contribution >= 4 is 27.5 Å². The van der Waals surface area contributed by atoms with E-state index in [0.717, 1.165) is 21.2 Å². The second-order valence-corrected chi connectivity index (χ2v) is 5.52. The normalized spacial score (nSPS) is 10.4. The third-order valence-electron chi connectivity index (χ3n) is 3.35.